The van der Waals surface area contributed by atoms with E-state index in [0.717, 1.165) is 49.6 Å². The summed E-state index contributed by atoms with van der Waals surface area (Å²) >= 11 is 5.92. The molecule has 0 radical (unpaired) electrons. The molecule has 0 saturated carbocycles. The second-order valence-corrected chi connectivity index (χ2v) is 5.04. The van der Waals surface area contributed by atoms with Crippen LogP contribution in [0.5, 0.6) is 0 Å². The molecule has 0 bridgehead atoms. The van der Waals surface area contributed by atoms with Gasteiger partial charge in [-0.1, -0.05) is 0 Å². The van der Waals surface area contributed by atoms with Crippen LogP contribution in [0.3, 0.4) is 0 Å². The zero-order valence-electron chi connectivity index (χ0n) is 11.2. The molecule has 3 nitrogen and oxygen atoms in total. The predicted molar refractivity (Wildman–Crippen MR) is 75.4 cm³/mol. The number of halogens is 1. The van der Waals surface area contributed by atoms with Gasteiger partial charge in [-0.2, -0.15) is 0 Å². The Morgan fingerprint density at radius 2 is 2.33 bits per heavy atom. The van der Waals surface area contributed by atoms with Gasteiger partial charge in [0.05, 0.1) is 6.10 Å². The second kappa shape index (κ2) is 6.39. The van der Waals surface area contributed by atoms with E-state index in [1.54, 1.807) is 0 Å². The van der Waals surface area contributed by atoms with Crippen molar-refractivity contribution >= 4 is 17.4 Å². The van der Waals surface area contributed by atoms with Crippen molar-refractivity contribution in [1.29, 1.82) is 0 Å². The molecule has 1 unspecified atom stereocenters. The number of hydrogen-bond donors (Lipinski definition) is 0. The molecule has 1 saturated heterocycles. The Morgan fingerprint density at radius 1 is 1.50 bits per heavy atom. The summed E-state index contributed by atoms with van der Waals surface area (Å²) in [6.45, 7) is 6.85. The fraction of sp³-hybridized carbons (Fsp3) is 0.643. The number of piperidine rings is 1. The van der Waals surface area contributed by atoms with E-state index in [-0.39, 0.29) is 0 Å². The first-order valence-electron chi connectivity index (χ1n) is 6.63. The number of hydrogen-bond acceptors (Lipinski definition) is 3. The molecule has 100 valence electrons. The molecule has 1 aromatic rings. The minimum atomic E-state index is 0.338. The smallest absolute Gasteiger partial charge is 0.129 e. The van der Waals surface area contributed by atoms with Crippen LogP contribution in [-0.2, 0) is 10.6 Å². The van der Waals surface area contributed by atoms with Crippen LogP contribution in [0.1, 0.15) is 31.0 Å². The number of rotatable bonds is 4. The van der Waals surface area contributed by atoms with E-state index in [2.05, 4.69) is 22.9 Å². The Labute approximate surface area is 114 Å². The van der Waals surface area contributed by atoms with E-state index >= 15 is 0 Å². The zero-order valence-corrected chi connectivity index (χ0v) is 11.9. The summed E-state index contributed by atoms with van der Waals surface area (Å²) in [5.74, 6) is 1.58. The minimum Gasteiger partial charge on any atom is -0.377 e. The molecular formula is C14H21ClN2O. The molecule has 1 aliphatic heterocycles. The summed E-state index contributed by atoms with van der Waals surface area (Å²) in [5, 5.41) is 0. The van der Waals surface area contributed by atoms with Crippen LogP contribution in [0.15, 0.2) is 12.1 Å². The fourth-order valence-electron chi connectivity index (χ4n) is 2.48. The predicted octanol–water partition coefficient (Wildman–Crippen LogP) is 3.13. The van der Waals surface area contributed by atoms with Crippen molar-refractivity contribution in [3.63, 3.8) is 0 Å². The first-order chi connectivity index (χ1) is 8.72. The average Bonchev–Trinajstić information content (AvgIpc) is 2.39. The highest BCUT2D eigenvalue weighted by Gasteiger charge is 2.21. The first kappa shape index (κ1) is 13.6. The summed E-state index contributed by atoms with van der Waals surface area (Å²) in [4.78, 5) is 6.92. The molecule has 2 heterocycles. The second-order valence-electron chi connectivity index (χ2n) is 4.77. The topological polar surface area (TPSA) is 25.4 Å². The lowest BCUT2D eigenvalue weighted by molar-refractivity contribution is 0.0525. The largest absolute Gasteiger partial charge is 0.377 e. The Bertz CT molecular complexity index is 395. The monoisotopic (exact) mass is 268 g/mol. The SMILES string of the molecule is CCOC1CCCN(c2cc(CCl)cc(C)n2)C1. The molecule has 0 N–H and O–H groups in total. The van der Waals surface area contributed by atoms with Crippen molar-refractivity contribution in [2.75, 3.05) is 24.6 Å². The van der Waals surface area contributed by atoms with E-state index in [4.69, 9.17) is 16.3 Å². The van der Waals surface area contributed by atoms with Gasteiger partial charge in [-0.05, 0) is 44.4 Å². The number of nitrogens with zero attached hydrogens (tertiary/aromatic N) is 2. The summed E-state index contributed by atoms with van der Waals surface area (Å²) in [6.07, 6.45) is 2.65. The van der Waals surface area contributed by atoms with Gasteiger partial charge in [0.25, 0.3) is 0 Å². The standard InChI is InChI=1S/C14H21ClN2O/c1-3-18-13-5-4-6-17(10-13)14-8-12(9-15)7-11(2)16-14/h7-8,13H,3-6,9-10H2,1-2H3. The summed E-state index contributed by atoms with van der Waals surface area (Å²) in [5.41, 5.74) is 2.17. The molecule has 1 atom stereocenters. The highest BCUT2D eigenvalue weighted by molar-refractivity contribution is 6.17. The van der Waals surface area contributed by atoms with Gasteiger partial charge in [0.2, 0.25) is 0 Å². The third-order valence-electron chi connectivity index (χ3n) is 3.26. The maximum atomic E-state index is 5.92. The molecule has 18 heavy (non-hydrogen) atoms. The van der Waals surface area contributed by atoms with Crippen molar-refractivity contribution in [2.24, 2.45) is 0 Å². The van der Waals surface area contributed by atoms with E-state index in [9.17, 15) is 0 Å². The molecule has 0 spiro atoms. The first-order valence-corrected chi connectivity index (χ1v) is 7.16. The Morgan fingerprint density at radius 3 is 3.06 bits per heavy atom. The fourth-order valence-corrected chi connectivity index (χ4v) is 2.63. The molecule has 4 heteroatoms. The maximum Gasteiger partial charge on any atom is 0.129 e. The highest BCUT2D eigenvalue weighted by atomic mass is 35.5. The van der Waals surface area contributed by atoms with E-state index < -0.39 is 0 Å². The van der Waals surface area contributed by atoms with Gasteiger partial charge in [-0.3, -0.25) is 0 Å². The number of ether oxygens (including phenoxy) is 1. The molecule has 0 aliphatic carbocycles. The highest BCUT2D eigenvalue weighted by Crippen LogP contribution is 2.22. The van der Waals surface area contributed by atoms with Gasteiger partial charge in [0.1, 0.15) is 5.82 Å². The minimum absolute atomic E-state index is 0.338. The molecule has 0 amide bonds. The molecule has 1 aromatic heterocycles. The van der Waals surface area contributed by atoms with E-state index in [0.29, 0.717) is 12.0 Å². The van der Waals surface area contributed by atoms with Crippen molar-refractivity contribution in [2.45, 2.75) is 38.7 Å². The van der Waals surface area contributed by atoms with Crippen LogP contribution in [-0.4, -0.2) is 30.8 Å². The normalized spacial score (nSPS) is 20.2. The van der Waals surface area contributed by atoms with Crippen LogP contribution in [0, 0.1) is 6.92 Å². The van der Waals surface area contributed by atoms with Crippen LogP contribution < -0.4 is 4.90 Å². The van der Waals surface area contributed by atoms with E-state index in [1.807, 2.05) is 13.0 Å². The van der Waals surface area contributed by atoms with Crippen molar-refractivity contribution in [3.05, 3.63) is 23.4 Å². The van der Waals surface area contributed by atoms with Crippen molar-refractivity contribution < 1.29 is 4.74 Å². The van der Waals surface area contributed by atoms with Gasteiger partial charge in [0.15, 0.2) is 0 Å². The van der Waals surface area contributed by atoms with Crippen LogP contribution in [0.25, 0.3) is 0 Å². The summed E-state index contributed by atoms with van der Waals surface area (Å²) in [7, 11) is 0. The third-order valence-corrected chi connectivity index (χ3v) is 3.57. The Hall–Kier alpha value is -0.800. The Kier molecular flexibility index (Phi) is 4.84. The van der Waals surface area contributed by atoms with Gasteiger partial charge < -0.3 is 9.64 Å². The maximum absolute atomic E-state index is 5.92. The average molecular weight is 269 g/mol. The van der Waals surface area contributed by atoms with Gasteiger partial charge in [-0.25, -0.2) is 4.98 Å². The number of alkyl halides is 1. The molecule has 2 rings (SSSR count). The van der Waals surface area contributed by atoms with Gasteiger partial charge in [-0.15, -0.1) is 11.6 Å². The van der Waals surface area contributed by atoms with Gasteiger partial charge in [0, 0.05) is 31.3 Å². The number of aromatic nitrogens is 1. The third kappa shape index (κ3) is 3.36. The molecular weight excluding hydrogens is 248 g/mol. The van der Waals surface area contributed by atoms with Crippen molar-refractivity contribution in [3.8, 4) is 0 Å². The van der Waals surface area contributed by atoms with Crippen molar-refractivity contribution in [1.82, 2.24) is 4.98 Å². The lowest BCUT2D eigenvalue weighted by atomic mass is 10.1. The quantitative estimate of drug-likeness (QED) is 0.785. The number of pyridine rings is 1. The van der Waals surface area contributed by atoms with Crippen LogP contribution in [0.4, 0.5) is 5.82 Å². The van der Waals surface area contributed by atoms with E-state index in [1.165, 1.54) is 0 Å². The molecule has 0 aromatic carbocycles. The lowest BCUT2D eigenvalue weighted by Gasteiger charge is -2.33. The molecule has 1 fully saturated rings. The summed E-state index contributed by atoms with van der Waals surface area (Å²) < 4.78 is 5.73. The lowest BCUT2D eigenvalue weighted by Crippen LogP contribution is -2.40. The number of aryl methyl sites for hydroxylation is 1. The molecule has 1 aliphatic rings. The number of anilines is 1. The van der Waals surface area contributed by atoms with Gasteiger partial charge >= 0.3 is 0 Å². The summed E-state index contributed by atoms with van der Waals surface area (Å²) in [6, 6.07) is 4.13. The Balaban J connectivity index is 2.12. The van der Waals surface area contributed by atoms with Crippen LogP contribution >= 0.6 is 11.6 Å². The zero-order chi connectivity index (χ0) is 13.0. The van der Waals surface area contributed by atoms with Crippen LogP contribution in [0.2, 0.25) is 0 Å².